The molecule has 0 unspecified atom stereocenters. The van der Waals surface area contributed by atoms with Crippen molar-refractivity contribution in [3.05, 3.63) is 84.4 Å². The average molecular weight is 364 g/mol. The Labute approximate surface area is 157 Å². The van der Waals surface area contributed by atoms with Crippen molar-refractivity contribution in [1.82, 2.24) is 0 Å². The molecule has 3 aromatic rings. The zero-order valence-electron chi connectivity index (χ0n) is 14.4. The highest BCUT2D eigenvalue weighted by atomic mass is 32.2. The van der Waals surface area contributed by atoms with Crippen LogP contribution >= 0.6 is 11.8 Å². The van der Waals surface area contributed by atoms with Crippen LogP contribution in [0.25, 0.3) is 0 Å². The lowest BCUT2D eigenvalue weighted by Gasteiger charge is -2.11. The van der Waals surface area contributed by atoms with Crippen LogP contribution in [0.5, 0.6) is 5.75 Å². The Hall–Kier alpha value is -2.92. The van der Waals surface area contributed by atoms with Crippen molar-refractivity contribution in [1.29, 1.82) is 0 Å². The number of hydrogen-bond donors (Lipinski definition) is 2. The van der Waals surface area contributed by atoms with Gasteiger partial charge in [-0.2, -0.15) is 0 Å². The molecule has 0 spiro atoms. The second-order valence-electron chi connectivity index (χ2n) is 5.58. The summed E-state index contributed by atoms with van der Waals surface area (Å²) in [5.74, 6) is 1.51. The molecule has 0 aliphatic carbocycles. The minimum absolute atomic E-state index is 0.305. The average Bonchev–Trinajstić information content (AvgIpc) is 2.68. The highest BCUT2D eigenvalue weighted by Crippen LogP contribution is 2.24. The van der Waals surface area contributed by atoms with Crippen molar-refractivity contribution in [3.8, 4) is 5.75 Å². The summed E-state index contributed by atoms with van der Waals surface area (Å²) in [4.78, 5) is 13.4. The molecule has 0 atom stereocenters. The zero-order chi connectivity index (χ0) is 18.2. The summed E-state index contributed by atoms with van der Waals surface area (Å²) in [7, 11) is 1.57. The number of ether oxygens (including phenoxy) is 1. The number of thioether (sulfide) groups is 1. The Kier molecular flexibility index (Phi) is 6.17. The largest absolute Gasteiger partial charge is 0.495 e. The highest BCUT2D eigenvalue weighted by Gasteiger charge is 2.07. The van der Waals surface area contributed by atoms with Gasteiger partial charge in [0.1, 0.15) is 5.75 Å². The Balaban J connectivity index is 1.54. The van der Waals surface area contributed by atoms with Crippen LogP contribution < -0.4 is 15.4 Å². The van der Waals surface area contributed by atoms with E-state index in [9.17, 15) is 4.79 Å². The molecule has 4 nitrogen and oxygen atoms in total. The summed E-state index contributed by atoms with van der Waals surface area (Å²) < 4.78 is 5.23. The molecule has 0 saturated carbocycles. The van der Waals surface area contributed by atoms with Crippen LogP contribution in [0.2, 0.25) is 0 Å². The lowest BCUT2D eigenvalue weighted by Crippen LogP contribution is -2.19. The fourth-order valence-corrected chi connectivity index (χ4v) is 3.28. The molecule has 0 saturated heterocycles. The maximum Gasteiger partial charge on any atom is 0.323 e. The maximum atomic E-state index is 12.2. The van der Waals surface area contributed by atoms with E-state index in [1.54, 1.807) is 31.0 Å². The second-order valence-corrected chi connectivity index (χ2v) is 6.63. The van der Waals surface area contributed by atoms with Crippen molar-refractivity contribution in [3.63, 3.8) is 0 Å². The van der Waals surface area contributed by atoms with Crippen molar-refractivity contribution < 1.29 is 9.53 Å². The van der Waals surface area contributed by atoms with Gasteiger partial charge >= 0.3 is 6.03 Å². The van der Waals surface area contributed by atoms with Gasteiger partial charge in [0.25, 0.3) is 0 Å². The van der Waals surface area contributed by atoms with Gasteiger partial charge in [-0.1, -0.05) is 42.5 Å². The Morgan fingerprint density at radius 1 is 0.885 bits per heavy atom. The zero-order valence-corrected chi connectivity index (χ0v) is 15.3. The number of carbonyl (C=O) groups is 1. The number of benzene rings is 3. The van der Waals surface area contributed by atoms with Gasteiger partial charge in [0.2, 0.25) is 0 Å². The summed E-state index contributed by atoms with van der Waals surface area (Å²) in [6.07, 6.45) is 0. The van der Waals surface area contributed by atoms with E-state index in [0.29, 0.717) is 11.4 Å². The van der Waals surface area contributed by atoms with E-state index in [2.05, 4.69) is 22.8 Å². The van der Waals surface area contributed by atoms with Crippen LogP contribution in [0.15, 0.2) is 83.8 Å². The quantitative estimate of drug-likeness (QED) is 0.557. The number of urea groups is 1. The molecule has 5 heteroatoms. The molecule has 0 aromatic heterocycles. The number of anilines is 2. The third kappa shape index (κ3) is 5.04. The third-order valence-corrected chi connectivity index (χ3v) is 4.80. The van der Waals surface area contributed by atoms with Crippen LogP contribution in [0, 0.1) is 0 Å². The van der Waals surface area contributed by atoms with E-state index >= 15 is 0 Å². The Morgan fingerprint density at radius 3 is 2.31 bits per heavy atom. The molecular weight excluding hydrogens is 344 g/mol. The first-order valence-electron chi connectivity index (χ1n) is 8.22. The van der Waals surface area contributed by atoms with Crippen LogP contribution in [-0.2, 0) is 5.75 Å². The van der Waals surface area contributed by atoms with Gasteiger partial charge < -0.3 is 15.4 Å². The molecule has 0 heterocycles. The fourth-order valence-electron chi connectivity index (χ4n) is 2.40. The number of amides is 2. The number of hydrogen-bond acceptors (Lipinski definition) is 3. The number of para-hydroxylation sites is 2. The molecule has 0 aliphatic heterocycles. The Bertz CT molecular complexity index is 851. The van der Waals surface area contributed by atoms with Gasteiger partial charge in [0, 0.05) is 16.3 Å². The van der Waals surface area contributed by atoms with Crippen molar-refractivity contribution in [2.75, 3.05) is 17.7 Å². The molecule has 0 aliphatic rings. The topological polar surface area (TPSA) is 50.4 Å². The molecule has 3 aromatic carbocycles. The predicted molar refractivity (Wildman–Crippen MR) is 108 cm³/mol. The predicted octanol–water partition coefficient (Wildman–Crippen LogP) is 5.63. The van der Waals surface area contributed by atoms with Crippen molar-refractivity contribution in [2.45, 2.75) is 10.6 Å². The molecule has 2 amide bonds. The van der Waals surface area contributed by atoms with Crippen molar-refractivity contribution in [2.24, 2.45) is 0 Å². The van der Waals surface area contributed by atoms with Crippen molar-refractivity contribution >= 4 is 29.2 Å². The van der Waals surface area contributed by atoms with Gasteiger partial charge in [-0.05, 0) is 42.0 Å². The molecule has 0 radical (unpaired) electrons. The normalized spacial score (nSPS) is 10.2. The van der Waals surface area contributed by atoms with Gasteiger partial charge in [0.15, 0.2) is 0 Å². The first kappa shape index (κ1) is 17.9. The Morgan fingerprint density at radius 2 is 1.58 bits per heavy atom. The number of methoxy groups -OCH3 is 1. The minimum Gasteiger partial charge on any atom is -0.495 e. The number of nitrogens with one attached hydrogen (secondary N) is 2. The lowest BCUT2D eigenvalue weighted by molar-refractivity contribution is 0.262. The lowest BCUT2D eigenvalue weighted by atomic mass is 10.2. The second kappa shape index (κ2) is 8.97. The summed E-state index contributed by atoms with van der Waals surface area (Å²) in [6, 6.07) is 25.1. The van der Waals surface area contributed by atoms with E-state index < -0.39 is 0 Å². The van der Waals surface area contributed by atoms with Gasteiger partial charge in [-0.15, -0.1) is 11.8 Å². The summed E-state index contributed by atoms with van der Waals surface area (Å²) in [5, 5.41) is 5.62. The van der Waals surface area contributed by atoms with E-state index in [1.807, 2.05) is 54.6 Å². The minimum atomic E-state index is -0.305. The van der Waals surface area contributed by atoms with E-state index in [-0.39, 0.29) is 6.03 Å². The monoisotopic (exact) mass is 364 g/mol. The summed E-state index contributed by atoms with van der Waals surface area (Å²) >= 11 is 1.79. The number of carbonyl (C=O) groups excluding carboxylic acids is 1. The van der Waals surface area contributed by atoms with Crippen LogP contribution in [0.4, 0.5) is 16.2 Å². The molecule has 0 fully saturated rings. The molecule has 26 heavy (non-hydrogen) atoms. The van der Waals surface area contributed by atoms with Crippen LogP contribution in [0.1, 0.15) is 5.56 Å². The summed E-state index contributed by atoms with van der Waals surface area (Å²) in [6.45, 7) is 0. The van der Waals surface area contributed by atoms with E-state index in [0.717, 1.165) is 11.4 Å². The highest BCUT2D eigenvalue weighted by molar-refractivity contribution is 7.98. The molecule has 2 N–H and O–H groups in total. The first-order chi connectivity index (χ1) is 12.7. The maximum absolute atomic E-state index is 12.2. The van der Waals surface area contributed by atoms with E-state index in [1.165, 1.54) is 10.5 Å². The molecule has 132 valence electrons. The standard InChI is InChI=1S/C21H20N2O2S/c1-25-20-10-6-5-9-19(20)23-21(24)22-17-13-11-16(12-14-17)15-26-18-7-3-2-4-8-18/h2-14H,15H2,1H3,(H2,22,23,24). The summed E-state index contributed by atoms with van der Waals surface area (Å²) in [5.41, 5.74) is 2.57. The van der Waals surface area contributed by atoms with E-state index in [4.69, 9.17) is 4.74 Å². The van der Waals surface area contributed by atoms with Gasteiger partial charge in [-0.25, -0.2) is 4.79 Å². The van der Waals surface area contributed by atoms with Gasteiger partial charge in [0.05, 0.1) is 12.8 Å². The first-order valence-corrected chi connectivity index (χ1v) is 9.21. The SMILES string of the molecule is COc1ccccc1NC(=O)Nc1ccc(CSc2ccccc2)cc1. The van der Waals surface area contributed by atoms with Gasteiger partial charge in [-0.3, -0.25) is 0 Å². The molecular formula is C21H20N2O2S. The van der Waals surface area contributed by atoms with Crippen LogP contribution in [0.3, 0.4) is 0 Å². The fraction of sp³-hybridized carbons (Fsp3) is 0.0952. The smallest absolute Gasteiger partial charge is 0.323 e. The number of rotatable bonds is 6. The molecule has 3 rings (SSSR count). The van der Waals surface area contributed by atoms with Crippen LogP contribution in [-0.4, -0.2) is 13.1 Å². The molecule has 0 bridgehead atoms. The third-order valence-electron chi connectivity index (χ3n) is 3.72.